The van der Waals surface area contributed by atoms with Crippen molar-refractivity contribution >= 4 is 11.7 Å². The number of aromatic nitrogens is 1. The van der Waals surface area contributed by atoms with E-state index in [0.29, 0.717) is 6.04 Å². The lowest BCUT2D eigenvalue weighted by atomic mass is 10.1. The number of rotatable bonds is 5. The zero-order valence-corrected chi connectivity index (χ0v) is 11.4. The van der Waals surface area contributed by atoms with Crippen molar-refractivity contribution in [2.75, 3.05) is 11.4 Å². The summed E-state index contributed by atoms with van der Waals surface area (Å²) in [5.41, 5.74) is 7.38. The van der Waals surface area contributed by atoms with Crippen LogP contribution in [0.5, 0.6) is 0 Å². The normalized spacial score (nSPS) is 14.9. The Balaban J connectivity index is 2.37. The number of amidine groups is 1. The highest BCUT2D eigenvalue weighted by Gasteiger charge is 2.27. The van der Waals surface area contributed by atoms with Gasteiger partial charge in [0.25, 0.3) is 0 Å². The van der Waals surface area contributed by atoms with E-state index in [1.54, 1.807) is 0 Å². The summed E-state index contributed by atoms with van der Waals surface area (Å²) < 4.78 is 0. The zero-order valence-electron chi connectivity index (χ0n) is 11.4. The number of aryl methyl sites for hydroxylation is 1. The van der Waals surface area contributed by atoms with Crippen LogP contribution in [0, 0.1) is 18.3 Å². The highest BCUT2D eigenvalue weighted by atomic mass is 15.2. The number of hydrogen-bond acceptors (Lipinski definition) is 3. The summed E-state index contributed by atoms with van der Waals surface area (Å²) in [5, 5.41) is 7.69. The summed E-state index contributed by atoms with van der Waals surface area (Å²) >= 11 is 0. The third kappa shape index (κ3) is 2.81. The molecule has 0 aliphatic heterocycles. The minimum absolute atomic E-state index is 0.0962. The fourth-order valence-electron chi connectivity index (χ4n) is 2.09. The van der Waals surface area contributed by atoms with Gasteiger partial charge in [-0.05, 0) is 51.7 Å². The van der Waals surface area contributed by atoms with Crippen LogP contribution in [-0.2, 0) is 0 Å². The van der Waals surface area contributed by atoms with Gasteiger partial charge < -0.3 is 10.6 Å². The quantitative estimate of drug-likeness (QED) is 0.619. The molecule has 0 unspecified atom stereocenters. The molecule has 1 saturated carbocycles. The van der Waals surface area contributed by atoms with E-state index in [0.717, 1.165) is 29.5 Å². The van der Waals surface area contributed by atoms with Gasteiger partial charge in [0.05, 0.1) is 5.56 Å². The zero-order chi connectivity index (χ0) is 13.3. The van der Waals surface area contributed by atoms with E-state index >= 15 is 0 Å². The Bertz CT molecular complexity index is 449. The van der Waals surface area contributed by atoms with Gasteiger partial charge >= 0.3 is 0 Å². The van der Waals surface area contributed by atoms with E-state index in [9.17, 15) is 0 Å². The molecule has 0 aromatic carbocycles. The van der Waals surface area contributed by atoms with Crippen molar-refractivity contribution in [1.29, 1.82) is 5.41 Å². The highest BCUT2D eigenvalue weighted by molar-refractivity contribution is 5.99. The number of nitrogen functional groups attached to an aromatic ring is 1. The summed E-state index contributed by atoms with van der Waals surface area (Å²) in [4.78, 5) is 6.88. The molecule has 4 heteroatoms. The molecule has 1 aliphatic rings. The molecule has 1 heterocycles. The summed E-state index contributed by atoms with van der Waals surface area (Å²) in [7, 11) is 0. The summed E-state index contributed by atoms with van der Waals surface area (Å²) in [6.45, 7) is 7.32. The third-order valence-corrected chi connectivity index (χ3v) is 3.35. The number of hydrogen-bond donors (Lipinski definition) is 2. The Morgan fingerprint density at radius 2 is 2.17 bits per heavy atom. The second-order valence-corrected chi connectivity index (χ2v) is 5.43. The molecule has 3 N–H and O–H groups in total. The molecule has 0 amide bonds. The molecule has 0 bridgehead atoms. The second-order valence-electron chi connectivity index (χ2n) is 5.43. The van der Waals surface area contributed by atoms with Gasteiger partial charge in [-0.2, -0.15) is 0 Å². The molecular formula is C14H22N4. The fourth-order valence-corrected chi connectivity index (χ4v) is 2.09. The van der Waals surface area contributed by atoms with Crippen molar-refractivity contribution < 1.29 is 0 Å². The Kier molecular flexibility index (Phi) is 3.55. The fraction of sp³-hybridized carbons (Fsp3) is 0.571. The number of anilines is 1. The van der Waals surface area contributed by atoms with Crippen LogP contribution in [0.3, 0.4) is 0 Å². The molecular weight excluding hydrogens is 224 g/mol. The van der Waals surface area contributed by atoms with E-state index in [-0.39, 0.29) is 5.84 Å². The molecule has 1 aliphatic carbocycles. The minimum Gasteiger partial charge on any atom is -0.384 e. The lowest BCUT2D eigenvalue weighted by molar-refractivity contribution is 0.635. The van der Waals surface area contributed by atoms with Crippen LogP contribution in [0.4, 0.5) is 5.82 Å². The van der Waals surface area contributed by atoms with E-state index in [1.165, 1.54) is 12.8 Å². The van der Waals surface area contributed by atoms with Crippen LogP contribution in [0.1, 0.15) is 37.9 Å². The topological polar surface area (TPSA) is 66.0 Å². The first-order valence-corrected chi connectivity index (χ1v) is 6.57. The Morgan fingerprint density at radius 3 is 2.67 bits per heavy atom. The number of pyridine rings is 1. The molecule has 18 heavy (non-hydrogen) atoms. The van der Waals surface area contributed by atoms with Crippen LogP contribution in [0.15, 0.2) is 12.1 Å². The van der Waals surface area contributed by atoms with Crippen molar-refractivity contribution in [2.45, 2.75) is 39.7 Å². The largest absolute Gasteiger partial charge is 0.384 e. The molecule has 0 radical (unpaired) electrons. The highest BCUT2D eigenvalue weighted by Crippen LogP contribution is 2.32. The predicted molar refractivity (Wildman–Crippen MR) is 75.2 cm³/mol. The number of nitrogens with two attached hydrogens (primary N) is 1. The van der Waals surface area contributed by atoms with E-state index in [2.05, 4.69) is 23.7 Å². The van der Waals surface area contributed by atoms with Crippen LogP contribution in [-0.4, -0.2) is 23.4 Å². The van der Waals surface area contributed by atoms with E-state index in [4.69, 9.17) is 11.1 Å². The SMILES string of the molecule is Cc1ccc(C(=N)N)c(N(CC2CC2)C(C)C)n1. The molecule has 0 saturated heterocycles. The molecule has 1 aromatic rings. The van der Waals surface area contributed by atoms with Crippen molar-refractivity contribution in [3.8, 4) is 0 Å². The van der Waals surface area contributed by atoms with Gasteiger partial charge in [-0.15, -0.1) is 0 Å². The molecule has 0 atom stereocenters. The first-order chi connectivity index (χ1) is 8.49. The van der Waals surface area contributed by atoms with Crippen molar-refractivity contribution in [3.63, 3.8) is 0 Å². The maximum absolute atomic E-state index is 7.69. The lowest BCUT2D eigenvalue weighted by Crippen LogP contribution is -2.35. The van der Waals surface area contributed by atoms with Crippen LogP contribution in [0.25, 0.3) is 0 Å². The summed E-state index contributed by atoms with van der Waals surface area (Å²) in [6, 6.07) is 4.19. The van der Waals surface area contributed by atoms with Gasteiger partial charge in [0.2, 0.25) is 0 Å². The second kappa shape index (κ2) is 4.96. The molecule has 1 aromatic heterocycles. The van der Waals surface area contributed by atoms with Crippen molar-refractivity contribution in [3.05, 3.63) is 23.4 Å². The van der Waals surface area contributed by atoms with Gasteiger partial charge in [-0.25, -0.2) is 4.98 Å². The van der Waals surface area contributed by atoms with Gasteiger partial charge in [0.1, 0.15) is 11.7 Å². The average molecular weight is 246 g/mol. The Labute approximate surface area is 109 Å². The Morgan fingerprint density at radius 1 is 1.50 bits per heavy atom. The van der Waals surface area contributed by atoms with Gasteiger partial charge in [-0.1, -0.05) is 0 Å². The first kappa shape index (κ1) is 12.9. The molecule has 0 spiro atoms. The van der Waals surface area contributed by atoms with Crippen molar-refractivity contribution in [1.82, 2.24) is 4.98 Å². The predicted octanol–water partition coefficient (Wildman–Crippen LogP) is 2.30. The third-order valence-electron chi connectivity index (χ3n) is 3.35. The first-order valence-electron chi connectivity index (χ1n) is 6.57. The number of nitrogens with one attached hydrogen (secondary N) is 1. The molecule has 4 nitrogen and oxygen atoms in total. The van der Waals surface area contributed by atoms with Crippen molar-refractivity contribution in [2.24, 2.45) is 11.7 Å². The van der Waals surface area contributed by atoms with Crippen LogP contribution < -0.4 is 10.6 Å². The van der Waals surface area contributed by atoms with Gasteiger partial charge in [0.15, 0.2) is 0 Å². The van der Waals surface area contributed by atoms with Gasteiger partial charge in [-0.3, -0.25) is 5.41 Å². The minimum atomic E-state index is 0.0962. The van der Waals surface area contributed by atoms with E-state index in [1.807, 2.05) is 19.1 Å². The monoisotopic (exact) mass is 246 g/mol. The summed E-state index contributed by atoms with van der Waals surface area (Å²) in [6.07, 6.45) is 2.62. The van der Waals surface area contributed by atoms with Crippen LogP contribution in [0.2, 0.25) is 0 Å². The standard InChI is InChI=1S/C14H22N4/c1-9(2)18(8-11-5-6-11)14-12(13(15)16)7-4-10(3)17-14/h4,7,9,11H,5-6,8H2,1-3H3,(H3,15,16). The lowest BCUT2D eigenvalue weighted by Gasteiger charge is -2.29. The average Bonchev–Trinajstić information content (AvgIpc) is 3.08. The van der Waals surface area contributed by atoms with E-state index < -0.39 is 0 Å². The Hall–Kier alpha value is -1.58. The maximum atomic E-state index is 7.69. The smallest absolute Gasteiger partial charge is 0.140 e. The van der Waals surface area contributed by atoms with Gasteiger partial charge in [0, 0.05) is 18.3 Å². The maximum Gasteiger partial charge on any atom is 0.140 e. The molecule has 2 rings (SSSR count). The van der Waals surface area contributed by atoms with Crippen LogP contribution >= 0.6 is 0 Å². The number of nitrogens with zero attached hydrogens (tertiary/aromatic N) is 2. The molecule has 98 valence electrons. The molecule has 1 fully saturated rings. The summed E-state index contributed by atoms with van der Waals surface area (Å²) in [5.74, 6) is 1.75.